The molecule has 5 heteroatoms. The molecule has 0 saturated heterocycles. The Kier molecular flexibility index (Phi) is 3.22. The molecule has 0 fully saturated rings. The molecule has 1 aromatic rings. The third-order valence-corrected chi connectivity index (χ3v) is 4.00. The highest BCUT2D eigenvalue weighted by atomic mass is 79.9. The quantitative estimate of drug-likeness (QED) is 0.849. The number of hydrogen-bond donors (Lipinski definition) is 1. The second-order valence-electron chi connectivity index (χ2n) is 2.56. The highest BCUT2D eigenvalue weighted by molar-refractivity contribution is 9.10. The average Bonchev–Trinajstić information content (AvgIpc) is 2.36. The van der Waals surface area contributed by atoms with Gasteiger partial charge in [0.2, 0.25) is 5.78 Å². The Morgan fingerprint density at radius 1 is 1.62 bits per heavy atom. The lowest BCUT2D eigenvalue weighted by atomic mass is 10.2. The van der Waals surface area contributed by atoms with Gasteiger partial charge in [-0.25, -0.2) is 4.79 Å². The molecule has 1 N–H and O–H groups in total. The molecule has 0 aliphatic rings. The molecule has 1 aromatic heterocycles. The van der Waals surface area contributed by atoms with Gasteiger partial charge in [0, 0.05) is 9.35 Å². The largest absolute Gasteiger partial charge is 0.475 e. The maximum Gasteiger partial charge on any atom is 0.372 e. The van der Waals surface area contributed by atoms with E-state index < -0.39 is 11.8 Å². The molecular weight excluding hydrogens is 256 g/mol. The van der Waals surface area contributed by atoms with Gasteiger partial charge in [0.15, 0.2) is 0 Å². The van der Waals surface area contributed by atoms with E-state index in [0.717, 1.165) is 14.9 Å². The Labute approximate surface area is 87.5 Å². The predicted octanol–water partition coefficient (Wildman–Crippen LogP) is 2.02. The van der Waals surface area contributed by atoms with Crippen molar-refractivity contribution in [3.8, 4) is 0 Å². The van der Waals surface area contributed by atoms with Crippen LogP contribution in [0.4, 0.5) is 0 Å². The standard InChI is InChI=1S/C8H7BrO3S/c1-4-3-13-6(7(4)9)2-5(10)8(11)12/h3H,2H2,1H3,(H,11,12). The van der Waals surface area contributed by atoms with E-state index >= 15 is 0 Å². The van der Waals surface area contributed by atoms with E-state index in [2.05, 4.69) is 15.9 Å². The number of thiophene rings is 1. The van der Waals surface area contributed by atoms with Gasteiger partial charge < -0.3 is 5.11 Å². The Hall–Kier alpha value is -0.680. The van der Waals surface area contributed by atoms with Crippen LogP contribution in [0.1, 0.15) is 10.4 Å². The number of rotatable bonds is 3. The fraction of sp³-hybridized carbons (Fsp3) is 0.250. The van der Waals surface area contributed by atoms with E-state index in [1.807, 2.05) is 12.3 Å². The number of aliphatic carboxylic acids is 1. The number of carbonyl (C=O) groups excluding carboxylic acids is 1. The number of ketones is 1. The SMILES string of the molecule is Cc1csc(CC(=O)C(=O)O)c1Br. The molecule has 3 nitrogen and oxygen atoms in total. The van der Waals surface area contributed by atoms with E-state index in [1.54, 1.807) is 0 Å². The number of aryl methyl sites for hydroxylation is 1. The van der Waals surface area contributed by atoms with Gasteiger partial charge in [-0.1, -0.05) is 0 Å². The number of carboxylic acid groups (broad SMARTS) is 1. The van der Waals surface area contributed by atoms with Gasteiger partial charge in [-0.05, 0) is 33.8 Å². The molecule has 0 radical (unpaired) electrons. The molecule has 1 heterocycles. The van der Waals surface area contributed by atoms with Gasteiger partial charge in [-0.15, -0.1) is 11.3 Å². The molecule has 0 bridgehead atoms. The van der Waals surface area contributed by atoms with E-state index in [0.29, 0.717) is 0 Å². The zero-order valence-corrected chi connectivity index (χ0v) is 9.24. The third-order valence-electron chi connectivity index (χ3n) is 1.53. The summed E-state index contributed by atoms with van der Waals surface area (Å²) in [5, 5.41) is 10.3. The highest BCUT2D eigenvalue weighted by Crippen LogP contribution is 2.27. The topological polar surface area (TPSA) is 54.4 Å². The molecular formula is C8H7BrO3S. The van der Waals surface area contributed by atoms with Crippen molar-refractivity contribution >= 4 is 39.0 Å². The molecule has 70 valence electrons. The second-order valence-corrected chi connectivity index (χ2v) is 4.32. The minimum Gasteiger partial charge on any atom is -0.475 e. The van der Waals surface area contributed by atoms with Crippen LogP contribution in [0.5, 0.6) is 0 Å². The monoisotopic (exact) mass is 262 g/mol. The lowest BCUT2D eigenvalue weighted by Gasteiger charge is -1.94. The molecule has 0 saturated carbocycles. The van der Waals surface area contributed by atoms with Crippen molar-refractivity contribution in [3.63, 3.8) is 0 Å². The maximum atomic E-state index is 10.9. The molecule has 0 amide bonds. The van der Waals surface area contributed by atoms with Crippen LogP contribution in [0.3, 0.4) is 0 Å². The van der Waals surface area contributed by atoms with E-state index in [1.165, 1.54) is 11.3 Å². The summed E-state index contributed by atoms with van der Waals surface area (Å²) in [4.78, 5) is 21.9. The summed E-state index contributed by atoms with van der Waals surface area (Å²) in [6, 6.07) is 0. The summed E-state index contributed by atoms with van der Waals surface area (Å²) in [6.45, 7) is 1.90. The molecule has 0 aliphatic heterocycles. The molecule has 0 aromatic carbocycles. The lowest BCUT2D eigenvalue weighted by Crippen LogP contribution is -2.14. The van der Waals surface area contributed by atoms with Gasteiger partial charge >= 0.3 is 5.97 Å². The van der Waals surface area contributed by atoms with Crippen LogP contribution < -0.4 is 0 Å². The summed E-state index contributed by atoms with van der Waals surface area (Å²) in [5.41, 5.74) is 1.03. The van der Waals surface area contributed by atoms with Crippen LogP contribution in [0.25, 0.3) is 0 Å². The number of carboxylic acids is 1. The Balaban J connectivity index is 2.81. The van der Waals surface area contributed by atoms with Crippen LogP contribution in [0.2, 0.25) is 0 Å². The molecule has 0 atom stereocenters. The van der Waals surface area contributed by atoms with Crippen molar-refractivity contribution < 1.29 is 14.7 Å². The number of hydrogen-bond acceptors (Lipinski definition) is 3. The Morgan fingerprint density at radius 3 is 2.62 bits per heavy atom. The van der Waals surface area contributed by atoms with Crippen molar-refractivity contribution in [2.75, 3.05) is 0 Å². The Bertz CT molecular complexity index is 356. The van der Waals surface area contributed by atoms with Gasteiger partial charge in [0.1, 0.15) is 0 Å². The van der Waals surface area contributed by atoms with Crippen molar-refractivity contribution in [3.05, 3.63) is 20.3 Å². The summed E-state index contributed by atoms with van der Waals surface area (Å²) in [7, 11) is 0. The normalized spacial score (nSPS) is 10.0. The molecule has 0 unspecified atom stereocenters. The van der Waals surface area contributed by atoms with E-state index in [-0.39, 0.29) is 6.42 Å². The van der Waals surface area contributed by atoms with Crippen molar-refractivity contribution in [1.82, 2.24) is 0 Å². The minimum absolute atomic E-state index is 0.0333. The first-order valence-corrected chi connectivity index (χ1v) is 5.18. The average molecular weight is 263 g/mol. The van der Waals surface area contributed by atoms with Gasteiger partial charge in [0.25, 0.3) is 0 Å². The fourth-order valence-corrected chi connectivity index (χ4v) is 2.43. The fourth-order valence-electron chi connectivity index (χ4n) is 0.824. The first-order chi connectivity index (χ1) is 6.02. The number of halogens is 1. The number of Topliss-reactive ketones (excluding diaryl/α,β-unsaturated/α-hetero) is 1. The van der Waals surface area contributed by atoms with Crippen LogP contribution in [0, 0.1) is 6.92 Å². The third kappa shape index (κ3) is 2.38. The zero-order valence-electron chi connectivity index (χ0n) is 6.83. The minimum atomic E-state index is -1.38. The van der Waals surface area contributed by atoms with Crippen LogP contribution in [0.15, 0.2) is 9.85 Å². The molecule has 0 aliphatic carbocycles. The zero-order chi connectivity index (χ0) is 10.0. The Morgan fingerprint density at radius 2 is 2.23 bits per heavy atom. The van der Waals surface area contributed by atoms with Crippen LogP contribution in [-0.2, 0) is 16.0 Å². The molecule has 1 rings (SSSR count). The lowest BCUT2D eigenvalue weighted by molar-refractivity contribution is -0.148. The maximum absolute atomic E-state index is 10.9. The first kappa shape index (κ1) is 10.4. The van der Waals surface area contributed by atoms with E-state index in [4.69, 9.17) is 5.11 Å². The number of carbonyl (C=O) groups is 2. The smallest absolute Gasteiger partial charge is 0.372 e. The van der Waals surface area contributed by atoms with Gasteiger partial charge in [0.05, 0.1) is 6.42 Å². The van der Waals surface area contributed by atoms with Gasteiger partial charge in [-0.2, -0.15) is 0 Å². The predicted molar refractivity (Wildman–Crippen MR) is 53.1 cm³/mol. The summed E-state index contributed by atoms with van der Waals surface area (Å²) < 4.78 is 0.840. The molecule has 0 spiro atoms. The van der Waals surface area contributed by atoms with Crippen molar-refractivity contribution in [1.29, 1.82) is 0 Å². The van der Waals surface area contributed by atoms with Gasteiger partial charge in [-0.3, -0.25) is 4.79 Å². The highest BCUT2D eigenvalue weighted by Gasteiger charge is 2.15. The van der Waals surface area contributed by atoms with Crippen molar-refractivity contribution in [2.45, 2.75) is 13.3 Å². The second kappa shape index (κ2) is 4.02. The van der Waals surface area contributed by atoms with Crippen LogP contribution >= 0.6 is 27.3 Å². The first-order valence-electron chi connectivity index (χ1n) is 3.51. The van der Waals surface area contributed by atoms with Crippen molar-refractivity contribution in [2.24, 2.45) is 0 Å². The molecule has 13 heavy (non-hydrogen) atoms. The summed E-state index contributed by atoms with van der Waals surface area (Å²) >= 11 is 4.68. The van der Waals surface area contributed by atoms with Crippen LogP contribution in [-0.4, -0.2) is 16.9 Å². The summed E-state index contributed by atoms with van der Waals surface area (Å²) in [6.07, 6.45) is -0.0333. The summed E-state index contributed by atoms with van der Waals surface area (Å²) in [5.74, 6) is -2.15. The van der Waals surface area contributed by atoms with E-state index in [9.17, 15) is 9.59 Å².